The standard InChI is InChI=1S/C15H11ClN2O/c16-10-14-17-15(18-19-14)13-9-5-4-8-12(13)11-6-2-1-3-7-11/h1-9H,10H2. The first-order valence-corrected chi connectivity index (χ1v) is 6.45. The summed E-state index contributed by atoms with van der Waals surface area (Å²) in [5, 5.41) is 3.97. The highest BCUT2D eigenvalue weighted by molar-refractivity contribution is 6.16. The molecule has 0 atom stereocenters. The van der Waals surface area contributed by atoms with E-state index in [0.717, 1.165) is 16.7 Å². The Morgan fingerprint density at radius 3 is 2.26 bits per heavy atom. The Balaban J connectivity index is 2.12. The number of hydrogen-bond acceptors (Lipinski definition) is 3. The lowest BCUT2D eigenvalue weighted by Gasteiger charge is -2.05. The first-order chi connectivity index (χ1) is 9.38. The summed E-state index contributed by atoms with van der Waals surface area (Å²) in [4.78, 5) is 4.28. The van der Waals surface area contributed by atoms with Crippen molar-refractivity contribution in [1.82, 2.24) is 10.1 Å². The molecular formula is C15H11ClN2O. The summed E-state index contributed by atoms with van der Waals surface area (Å²) in [5.41, 5.74) is 3.13. The van der Waals surface area contributed by atoms with E-state index in [9.17, 15) is 0 Å². The monoisotopic (exact) mass is 270 g/mol. The zero-order chi connectivity index (χ0) is 13.1. The SMILES string of the molecule is ClCc1nc(-c2ccccc2-c2ccccc2)no1. The number of benzene rings is 2. The largest absolute Gasteiger partial charge is 0.338 e. The van der Waals surface area contributed by atoms with Crippen LogP contribution in [0.5, 0.6) is 0 Å². The van der Waals surface area contributed by atoms with Gasteiger partial charge in [-0.3, -0.25) is 0 Å². The fourth-order valence-corrected chi connectivity index (χ4v) is 2.07. The Hall–Kier alpha value is -2.13. The Bertz CT molecular complexity index is 679. The van der Waals surface area contributed by atoms with E-state index in [2.05, 4.69) is 22.3 Å². The Morgan fingerprint density at radius 1 is 0.895 bits per heavy atom. The molecule has 0 aliphatic rings. The van der Waals surface area contributed by atoms with Gasteiger partial charge in [0, 0.05) is 5.56 Å². The molecule has 19 heavy (non-hydrogen) atoms. The van der Waals surface area contributed by atoms with Crippen molar-refractivity contribution in [2.24, 2.45) is 0 Å². The number of halogens is 1. The first kappa shape index (κ1) is 11.9. The van der Waals surface area contributed by atoms with Crippen LogP contribution in [-0.4, -0.2) is 10.1 Å². The van der Waals surface area contributed by atoms with Gasteiger partial charge in [-0.05, 0) is 11.1 Å². The number of hydrogen-bond donors (Lipinski definition) is 0. The second-order valence-electron chi connectivity index (χ2n) is 4.06. The molecule has 1 aromatic heterocycles. The Labute approximate surface area is 115 Å². The third-order valence-corrected chi connectivity index (χ3v) is 3.06. The van der Waals surface area contributed by atoms with Crippen LogP contribution < -0.4 is 0 Å². The average Bonchev–Trinajstić information content (AvgIpc) is 2.97. The van der Waals surface area contributed by atoms with E-state index >= 15 is 0 Å². The lowest BCUT2D eigenvalue weighted by atomic mass is 9.99. The minimum absolute atomic E-state index is 0.223. The van der Waals surface area contributed by atoms with Crippen LogP contribution in [0.15, 0.2) is 59.1 Å². The smallest absolute Gasteiger partial charge is 0.241 e. The van der Waals surface area contributed by atoms with E-state index in [-0.39, 0.29) is 5.88 Å². The molecule has 0 bridgehead atoms. The molecule has 0 radical (unpaired) electrons. The quantitative estimate of drug-likeness (QED) is 0.671. The van der Waals surface area contributed by atoms with E-state index in [4.69, 9.17) is 16.1 Å². The number of nitrogens with zero attached hydrogens (tertiary/aromatic N) is 2. The van der Waals surface area contributed by atoms with Crippen LogP contribution in [-0.2, 0) is 5.88 Å². The molecule has 94 valence electrons. The van der Waals surface area contributed by atoms with Crippen LogP contribution in [0.4, 0.5) is 0 Å². The van der Waals surface area contributed by atoms with Crippen molar-refractivity contribution >= 4 is 11.6 Å². The normalized spacial score (nSPS) is 10.6. The van der Waals surface area contributed by atoms with E-state index in [1.54, 1.807) is 0 Å². The Morgan fingerprint density at radius 2 is 1.58 bits per heavy atom. The van der Waals surface area contributed by atoms with E-state index < -0.39 is 0 Å². The van der Waals surface area contributed by atoms with Crippen molar-refractivity contribution in [3.8, 4) is 22.5 Å². The maximum absolute atomic E-state index is 5.69. The van der Waals surface area contributed by atoms with Crippen molar-refractivity contribution in [3.63, 3.8) is 0 Å². The van der Waals surface area contributed by atoms with Gasteiger partial charge in [0.05, 0.1) is 0 Å². The van der Waals surface area contributed by atoms with Crippen LogP contribution in [0.25, 0.3) is 22.5 Å². The van der Waals surface area contributed by atoms with Crippen LogP contribution in [0, 0.1) is 0 Å². The molecule has 0 amide bonds. The minimum Gasteiger partial charge on any atom is -0.338 e. The molecule has 0 saturated carbocycles. The molecule has 0 aliphatic carbocycles. The fraction of sp³-hybridized carbons (Fsp3) is 0.0667. The fourth-order valence-electron chi connectivity index (χ4n) is 1.97. The van der Waals surface area contributed by atoms with Crippen LogP contribution in [0.2, 0.25) is 0 Å². The first-order valence-electron chi connectivity index (χ1n) is 5.92. The second-order valence-corrected chi connectivity index (χ2v) is 4.32. The topological polar surface area (TPSA) is 38.9 Å². The van der Waals surface area contributed by atoms with Crippen LogP contribution in [0.1, 0.15) is 5.89 Å². The molecule has 3 aromatic rings. The number of aromatic nitrogens is 2. The zero-order valence-electron chi connectivity index (χ0n) is 10.1. The van der Waals surface area contributed by atoms with Gasteiger partial charge in [-0.2, -0.15) is 4.98 Å². The molecule has 0 aliphatic heterocycles. The van der Waals surface area contributed by atoms with E-state index in [0.29, 0.717) is 11.7 Å². The second kappa shape index (κ2) is 5.24. The van der Waals surface area contributed by atoms with Crippen molar-refractivity contribution < 1.29 is 4.52 Å². The molecule has 0 fully saturated rings. The highest BCUT2D eigenvalue weighted by atomic mass is 35.5. The predicted octanol–water partition coefficient (Wildman–Crippen LogP) is 4.14. The zero-order valence-corrected chi connectivity index (χ0v) is 10.8. The molecule has 2 aromatic carbocycles. The maximum Gasteiger partial charge on any atom is 0.241 e. The number of rotatable bonds is 3. The Kier molecular flexibility index (Phi) is 3.29. The molecule has 4 heteroatoms. The third kappa shape index (κ3) is 2.37. The predicted molar refractivity (Wildman–Crippen MR) is 74.7 cm³/mol. The molecule has 3 rings (SSSR count). The lowest BCUT2D eigenvalue weighted by Crippen LogP contribution is -1.87. The molecule has 1 heterocycles. The maximum atomic E-state index is 5.69. The highest BCUT2D eigenvalue weighted by Crippen LogP contribution is 2.30. The molecule has 0 N–H and O–H groups in total. The minimum atomic E-state index is 0.223. The summed E-state index contributed by atoms with van der Waals surface area (Å²) in [6.07, 6.45) is 0. The van der Waals surface area contributed by atoms with Gasteiger partial charge in [-0.1, -0.05) is 59.8 Å². The molecule has 0 spiro atoms. The van der Waals surface area contributed by atoms with Crippen molar-refractivity contribution in [2.45, 2.75) is 5.88 Å². The number of alkyl halides is 1. The van der Waals surface area contributed by atoms with Gasteiger partial charge in [-0.15, -0.1) is 11.6 Å². The van der Waals surface area contributed by atoms with Gasteiger partial charge in [0.2, 0.25) is 11.7 Å². The summed E-state index contributed by atoms with van der Waals surface area (Å²) in [6, 6.07) is 18.1. The van der Waals surface area contributed by atoms with Crippen molar-refractivity contribution in [2.75, 3.05) is 0 Å². The van der Waals surface area contributed by atoms with Gasteiger partial charge < -0.3 is 4.52 Å². The van der Waals surface area contributed by atoms with E-state index in [1.807, 2.05) is 42.5 Å². The summed E-state index contributed by atoms with van der Waals surface area (Å²) in [7, 11) is 0. The summed E-state index contributed by atoms with van der Waals surface area (Å²) < 4.78 is 5.07. The van der Waals surface area contributed by atoms with Gasteiger partial charge >= 0.3 is 0 Å². The van der Waals surface area contributed by atoms with Gasteiger partial charge in [-0.25, -0.2) is 0 Å². The summed E-state index contributed by atoms with van der Waals surface area (Å²) in [6.45, 7) is 0. The van der Waals surface area contributed by atoms with Gasteiger partial charge in [0.15, 0.2) is 0 Å². The third-order valence-electron chi connectivity index (χ3n) is 2.84. The van der Waals surface area contributed by atoms with Crippen LogP contribution >= 0.6 is 11.6 Å². The van der Waals surface area contributed by atoms with Gasteiger partial charge in [0.1, 0.15) is 5.88 Å². The molecule has 0 saturated heterocycles. The van der Waals surface area contributed by atoms with E-state index in [1.165, 1.54) is 0 Å². The average molecular weight is 271 g/mol. The molecule has 0 unspecified atom stereocenters. The lowest BCUT2D eigenvalue weighted by molar-refractivity contribution is 0.391. The summed E-state index contributed by atoms with van der Waals surface area (Å²) >= 11 is 5.69. The van der Waals surface area contributed by atoms with Crippen molar-refractivity contribution in [1.29, 1.82) is 0 Å². The van der Waals surface area contributed by atoms with Gasteiger partial charge in [0.25, 0.3) is 0 Å². The van der Waals surface area contributed by atoms with Crippen LogP contribution in [0.3, 0.4) is 0 Å². The molecular weight excluding hydrogens is 260 g/mol. The highest BCUT2D eigenvalue weighted by Gasteiger charge is 2.12. The van der Waals surface area contributed by atoms with Crippen molar-refractivity contribution in [3.05, 3.63) is 60.5 Å². The molecule has 3 nitrogen and oxygen atoms in total. The summed E-state index contributed by atoms with van der Waals surface area (Å²) in [5.74, 6) is 1.22.